The van der Waals surface area contributed by atoms with Gasteiger partial charge in [0.2, 0.25) is 0 Å². The average molecular weight is 208 g/mol. The lowest BCUT2D eigenvalue weighted by atomic mass is 9.84. The predicted octanol–water partition coefficient (Wildman–Crippen LogP) is 0.144. The molecule has 4 heteroatoms. The third-order valence-electron chi connectivity index (χ3n) is 1.80. The number of carbonyl (C=O) groups is 1. The number of carbonyl (C=O) groups excluding carboxylic acids is 1. The fourth-order valence-corrected chi connectivity index (χ4v) is 1.56. The van der Waals surface area contributed by atoms with Gasteiger partial charge in [-0.05, 0) is 0 Å². The molecular weight excluding hydrogens is 198 g/mol. The van der Waals surface area contributed by atoms with E-state index in [0.717, 1.165) is 13.1 Å². The molecular formula is C6H10BrNO2. The van der Waals surface area contributed by atoms with Crippen LogP contribution in [0.5, 0.6) is 0 Å². The van der Waals surface area contributed by atoms with Gasteiger partial charge < -0.3 is 10.1 Å². The summed E-state index contributed by atoms with van der Waals surface area (Å²) in [4.78, 5) is 11.1. The first-order chi connectivity index (χ1) is 4.75. The van der Waals surface area contributed by atoms with E-state index in [1.807, 2.05) is 0 Å². The number of methoxy groups -OCH3 is 1. The van der Waals surface area contributed by atoms with Gasteiger partial charge in [0.15, 0.2) is 0 Å². The van der Waals surface area contributed by atoms with Crippen LogP contribution in [0.4, 0.5) is 0 Å². The lowest BCUT2D eigenvalue weighted by Crippen LogP contribution is -2.59. The standard InChI is InChI=1S/C6H10BrNO2/c1-10-5(9)6(2-7)3-8-4-6/h8H,2-4H2,1H3. The molecule has 10 heavy (non-hydrogen) atoms. The summed E-state index contributed by atoms with van der Waals surface area (Å²) >= 11 is 3.28. The van der Waals surface area contributed by atoms with Crippen LogP contribution in [-0.4, -0.2) is 31.5 Å². The quantitative estimate of drug-likeness (QED) is 0.518. The Morgan fingerprint density at radius 1 is 1.80 bits per heavy atom. The third-order valence-corrected chi connectivity index (χ3v) is 2.87. The minimum Gasteiger partial charge on any atom is -0.468 e. The average Bonchev–Trinajstić information content (AvgIpc) is 1.86. The lowest BCUT2D eigenvalue weighted by Gasteiger charge is -2.37. The molecule has 1 heterocycles. The number of esters is 1. The molecule has 0 spiro atoms. The number of hydrogen-bond acceptors (Lipinski definition) is 3. The number of nitrogens with one attached hydrogen (secondary N) is 1. The van der Waals surface area contributed by atoms with E-state index in [4.69, 9.17) is 0 Å². The van der Waals surface area contributed by atoms with E-state index in [1.54, 1.807) is 0 Å². The summed E-state index contributed by atoms with van der Waals surface area (Å²) in [6.45, 7) is 1.45. The second-order valence-electron chi connectivity index (χ2n) is 2.51. The Balaban J connectivity index is 2.55. The molecule has 0 atom stereocenters. The largest absolute Gasteiger partial charge is 0.468 e. The molecule has 58 valence electrons. The number of ether oxygens (including phenoxy) is 1. The number of alkyl halides is 1. The Hall–Kier alpha value is -0.0900. The van der Waals surface area contributed by atoms with E-state index in [2.05, 4.69) is 26.0 Å². The van der Waals surface area contributed by atoms with Crippen LogP contribution in [0.2, 0.25) is 0 Å². The van der Waals surface area contributed by atoms with Gasteiger partial charge in [0.1, 0.15) is 5.41 Å². The number of halogens is 1. The molecule has 3 nitrogen and oxygen atoms in total. The highest BCUT2D eigenvalue weighted by Crippen LogP contribution is 2.26. The summed E-state index contributed by atoms with van der Waals surface area (Å²) in [6.07, 6.45) is 0. The molecule has 1 fully saturated rings. The van der Waals surface area contributed by atoms with Crippen LogP contribution in [0.25, 0.3) is 0 Å². The molecule has 0 aromatic heterocycles. The Morgan fingerprint density at radius 2 is 2.40 bits per heavy atom. The van der Waals surface area contributed by atoms with Crippen LogP contribution in [0.15, 0.2) is 0 Å². The van der Waals surface area contributed by atoms with E-state index in [1.165, 1.54) is 7.11 Å². The fourth-order valence-electron chi connectivity index (χ4n) is 0.937. The van der Waals surface area contributed by atoms with Crippen LogP contribution >= 0.6 is 15.9 Å². The summed E-state index contributed by atoms with van der Waals surface area (Å²) in [5.41, 5.74) is -0.283. The highest BCUT2D eigenvalue weighted by atomic mass is 79.9. The van der Waals surface area contributed by atoms with E-state index in [-0.39, 0.29) is 11.4 Å². The molecule has 0 aromatic rings. The van der Waals surface area contributed by atoms with Crippen molar-refractivity contribution in [2.75, 3.05) is 25.5 Å². The second-order valence-corrected chi connectivity index (χ2v) is 3.07. The van der Waals surface area contributed by atoms with Crippen molar-refractivity contribution in [2.45, 2.75) is 0 Å². The maximum Gasteiger partial charge on any atom is 0.315 e. The third kappa shape index (κ3) is 1.06. The highest BCUT2D eigenvalue weighted by molar-refractivity contribution is 9.09. The van der Waals surface area contributed by atoms with E-state index in [9.17, 15) is 4.79 Å². The molecule has 0 amide bonds. The van der Waals surface area contributed by atoms with Crippen molar-refractivity contribution in [2.24, 2.45) is 5.41 Å². The first-order valence-corrected chi connectivity index (χ1v) is 4.22. The summed E-state index contributed by atoms with van der Waals surface area (Å²) in [7, 11) is 1.42. The summed E-state index contributed by atoms with van der Waals surface area (Å²) in [6, 6.07) is 0. The molecule has 1 aliphatic rings. The van der Waals surface area contributed by atoms with Gasteiger partial charge >= 0.3 is 5.97 Å². The predicted molar refractivity (Wildman–Crippen MR) is 41.1 cm³/mol. The second kappa shape index (κ2) is 2.88. The molecule has 0 saturated carbocycles. The number of hydrogen-bond donors (Lipinski definition) is 1. The minimum atomic E-state index is -0.283. The van der Waals surface area contributed by atoms with Crippen molar-refractivity contribution < 1.29 is 9.53 Å². The maximum absolute atomic E-state index is 11.1. The van der Waals surface area contributed by atoms with Crippen molar-refractivity contribution >= 4 is 21.9 Å². The van der Waals surface area contributed by atoms with Gasteiger partial charge in [0, 0.05) is 18.4 Å². The van der Waals surface area contributed by atoms with Crippen molar-refractivity contribution in [1.29, 1.82) is 0 Å². The Kier molecular flexibility index (Phi) is 2.31. The molecule has 0 bridgehead atoms. The van der Waals surface area contributed by atoms with Gasteiger partial charge in [0.25, 0.3) is 0 Å². The van der Waals surface area contributed by atoms with Gasteiger partial charge in [-0.15, -0.1) is 0 Å². The summed E-state index contributed by atoms with van der Waals surface area (Å²) in [5.74, 6) is -0.122. The lowest BCUT2D eigenvalue weighted by molar-refractivity contribution is -0.154. The zero-order chi connectivity index (χ0) is 7.61. The highest BCUT2D eigenvalue weighted by Gasteiger charge is 2.44. The van der Waals surface area contributed by atoms with Gasteiger partial charge in [-0.25, -0.2) is 0 Å². The topological polar surface area (TPSA) is 38.3 Å². The van der Waals surface area contributed by atoms with E-state index >= 15 is 0 Å². The summed E-state index contributed by atoms with van der Waals surface area (Å²) < 4.78 is 4.64. The zero-order valence-corrected chi connectivity index (χ0v) is 7.40. The Morgan fingerprint density at radius 3 is 2.50 bits per heavy atom. The summed E-state index contributed by atoms with van der Waals surface area (Å²) in [5, 5.41) is 3.72. The molecule has 0 unspecified atom stereocenters. The first kappa shape index (κ1) is 8.01. The van der Waals surface area contributed by atoms with Gasteiger partial charge in [-0.1, -0.05) is 15.9 Å². The normalized spacial score (nSPS) is 21.4. The maximum atomic E-state index is 11.1. The molecule has 1 saturated heterocycles. The van der Waals surface area contributed by atoms with Crippen LogP contribution < -0.4 is 5.32 Å². The molecule has 1 N–H and O–H groups in total. The van der Waals surface area contributed by atoms with Gasteiger partial charge in [-0.3, -0.25) is 4.79 Å². The van der Waals surface area contributed by atoms with Crippen LogP contribution in [0.3, 0.4) is 0 Å². The van der Waals surface area contributed by atoms with Crippen molar-refractivity contribution in [1.82, 2.24) is 5.32 Å². The first-order valence-electron chi connectivity index (χ1n) is 3.10. The van der Waals surface area contributed by atoms with Gasteiger partial charge in [0.05, 0.1) is 7.11 Å². The monoisotopic (exact) mass is 207 g/mol. The van der Waals surface area contributed by atoms with Crippen LogP contribution in [0, 0.1) is 5.41 Å². The van der Waals surface area contributed by atoms with E-state index < -0.39 is 0 Å². The van der Waals surface area contributed by atoms with Crippen LogP contribution in [0.1, 0.15) is 0 Å². The Bertz CT molecular complexity index is 139. The Labute approximate surface area is 68.3 Å². The molecule has 0 aliphatic carbocycles. The van der Waals surface area contributed by atoms with Gasteiger partial charge in [-0.2, -0.15) is 0 Å². The van der Waals surface area contributed by atoms with Crippen molar-refractivity contribution in [3.05, 3.63) is 0 Å². The zero-order valence-electron chi connectivity index (χ0n) is 5.82. The van der Waals surface area contributed by atoms with Crippen molar-refractivity contribution in [3.8, 4) is 0 Å². The molecule has 0 radical (unpaired) electrons. The SMILES string of the molecule is COC(=O)C1(CBr)CNC1. The minimum absolute atomic E-state index is 0.122. The molecule has 1 rings (SSSR count). The fraction of sp³-hybridized carbons (Fsp3) is 0.833. The van der Waals surface area contributed by atoms with Crippen molar-refractivity contribution in [3.63, 3.8) is 0 Å². The molecule has 0 aromatic carbocycles. The molecule has 1 aliphatic heterocycles. The number of rotatable bonds is 2. The van der Waals surface area contributed by atoms with Crippen LogP contribution in [-0.2, 0) is 9.53 Å². The van der Waals surface area contributed by atoms with E-state index in [0.29, 0.717) is 5.33 Å². The smallest absolute Gasteiger partial charge is 0.315 e.